The molecule has 0 radical (unpaired) electrons. The molecular formula is C19H17ClN2O2. The summed E-state index contributed by atoms with van der Waals surface area (Å²) < 4.78 is 5.41. The number of ether oxygens (including phenoxy) is 1. The molecule has 0 spiro atoms. The largest absolute Gasteiger partial charge is 0.494 e. The van der Waals surface area contributed by atoms with Crippen molar-refractivity contribution in [1.82, 2.24) is 0 Å². The summed E-state index contributed by atoms with van der Waals surface area (Å²) in [5, 5.41) is 12.5. The predicted molar refractivity (Wildman–Crippen MR) is 96.0 cm³/mol. The zero-order valence-corrected chi connectivity index (χ0v) is 14.2. The van der Waals surface area contributed by atoms with Crippen LogP contribution in [0.15, 0.2) is 48.0 Å². The Morgan fingerprint density at radius 3 is 2.62 bits per heavy atom. The number of nitrogens with one attached hydrogen (secondary N) is 1. The van der Waals surface area contributed by atoms with Crippen LogP contribution in [0.1, 0.15) is 18.1 Å². The number of nitriles is 1. The molecule has 0 aliphatic rings. The van der Waals surface area contributed by atoms with Gasteiger partial charge < -0.3 is 10.1 Å². The topological polar surface area (TPSA) is 62.1 Å². The van der Waals surface area contributed by atoms with Crippen molar-refractivity contribution < 1.29 is 9.53 Å². The molecular weight excluding hydrogens is 324 g/mol. The summed E-state index contributed by atoms with van der Waals surface area (Å²) in [5.41, 5.74) is 2.33. The van der Waals surface area contributed by atoms with E-state index in [4.69, 9.17) is 16.3 Å². The van der Waals surface area contributed by atoms with E-state index in [0.29, 0.717) is 28.6 Å². The van der Waals surface area contributed by atoms with Crippen LogP contribution in [0.25, 0.3) is 6.08 Å². The number of amides is 1. The number of carbonyl (C=O) groups excluding carboxylic acids is 1. The van der Waals surface area contributed by atoms with Crippen LogP contribution in [0.5, 0.6) is 5.75 Å². The molecule has 4 nitrogen and oxygen atoms in total. The molecule has 0 aromatic heterocycles. The highest BCUT2D eigenvalue weighted by molar-refractivity contribution is 6.30. The first-order valence-electron chi connectivity index (χ1n) is 7.45. The maximum Gasteiger partial charge on any atom is 0.266 e. The number of halogens is 1. The molecule has 0 bridgehead atoms. The highest BCUT2D eigenvalue weighted by atomic mass is 35.5. The lowest BCUT2D eigenvalue weighted by atomic mass is 10.1. The molecule has 1 amide bonds. The van der Waals surface area contributed by atoms with E-state index in [2.05, 4.69) is 5.32 Å². The van der Waals surface area contributed by atoms with Crippen molar-refractivity contribution in [3.63, 3.8) is 0 Å². The molecule has 0 aliphatic heterocycles. The highest BCUT2D eigenvalue weighted by Crippen LogP contribution is 2.23. The summed E-state index contributed by atoms with van der Waals surface area (Å²) in [5.74, 6) is 0.117. The van der Waals surface area contributed by atoms with E-state index >= 15 is 0 Å². The molecule has 0 saturated heterocycles. The molecule has 5 heteroatoms. The number of rotatable bonds is 5. The van der Waals surface area contributed by atoms with E-state index in [0.717, 1.165) is 5.56 Å². The number of hydrogen-bond donors (Lipinski definition) is 1. The van der Waals surface area contributed by atoms with Gasteiger partial charge in [-0.1, -0.05) is 29.3 Å². The highest BCUT2D eigenvalue weighted by Gasteiger charge is 2.10. The van der Waals surface area contributed by atoms with Crippen LogP contribution in [0.3, 0.4) is 0 Å². The van der Waals surface area contributed by atoms with Gasteiger partial charge in [0, 0.05) is 10.7 Å². The van der Waals surface area contributed by atoms with E-state index in [-0.39, 0.29) is 5.57 Å². The molecule has 0 aliphatic carbocycles. The van der Waals surface area contributed by atoms with Gasteiger partial charge in [0.05, 0.1) is 6.61 Å². The number of anilines is 1. The summed E-state index contributed by atoms with van der Waals surface area (Å²) in [6, 6.07) is 14.3. The zero-order valence-electron chi connectivity index (χ0n) is 13.5. The molecule has 0 heterocycles. The molecule has 1 N–H and O–H groups in total. The second-order valence-corrected chi connectivity index (χ2v) is 5.58. The SMILES string of the molecule is CCOc1cc(Cl)cc(/C=C(\C#N)C(=O)Nc2ccc(C)cc2)c1. The zero-order chi connectivity index (χ0) is 17.5. The van der Waals surface area contributed by atoms with Crippen molar-refractivity contribution in [1.29, 1.82) is 5.26 Å². The maximum absolute atomic E-state index is 12.3. The fourth-order valence-corrected chi connectivity index (χ4v) is 2.30. The van der Waals surface area contributed by atoms with Crippen LogP contribution in [0, 0.1) is 18.3 Å². The lowest BCUT2D eigenvalue weighted by molar-refractivity contribution is -0.112. The number of benzene rings is 2. The van der Waals surface area contributed by atoms with Crippen molar-refractivity contribution in [2.24, 2.45) is 0 Å². The number of hydrogen-bond acceptors (Lipinski definition) is 3. The van der Waals surface area contributed by atoms with Gasteiger partial charge in [-0.05, 0) is 55.8 Å². The van der Waals surface area contributed by atoms with Gasteiger partial charge in [0.2, 0.25) is 0 Å². The number of nitrogens with zero attached hydrogens (tertiary/aromatic N) is 1. The lowest BCUT2D eigenvalue weighted by Crippen LogP contribution is -2.13. The smallest absolute Gasteiger partial charge is 0.266 e. The predicted octanol–water partition coefficient (Wildman–Crippen LogP) is 4.59. The molecule has 2 rings (SSSR count). The Kier molecular flexibility index (Phi) is 6.00. The van der Waals surface area contributed by atoms with Crippen molar-refractivity contribution in [3.8, 4) is 11.8 Å². The van der Waals surface area contributed by atoms with Gasteiger partial charge in [0.15, 0.2) is 0 Å². The van der Waals surface area contributed by atoms with Crippen LogP contribution in [0.4, 0.5) is 5.69 Å². The van der Waals surface area contributed by atoms with Crippen molar-refractivity contribution in [3.05, 3.63) is 64.2 Å². The molecule has 2 aromatic rings. The van der Waals surface area contributed by atoms with E-state index in [9.17, 15) is 10.1 Å². The van der Waals surface area contributed by atoms with Crippen LogP contribution in [-0.2, 0) is 4.79 Å². The quantitative estimate of drug-likeness (QED) is 0.639. The Bertz CT molecular complexity index is 805. The van der Waals surface area contributed by atoms with Gasteiger partial charge in [-0.25, -0.2) is 0 Å². The van der Waals surface area contributed by atoms with E-state index in [1.807, 2.05) is 32.0 Å². The molecule has 24 heavy (non-hydrogen) atoms. The Morgan fingerprint density at radius 2 is 2.00 bits per heavy atom. The maximum atomic E-state index is 12.3. The minimum Gasteiger partial charge on any atom is -0.494 e. The van der Waals surface area contributed by atoms with E-state index in [1.165, 1.54) is 6.08 Å². The van der Waals surface area contributed by atoms with Gasteiger partial charge in [-0.15, -0.1) is 0 Å². The van der Waals surface area contributed by atoms with Crippen molar-refractivity contribution in [2.45, 2.75) is 13.8 Å². The Hall–Kier alpha value is -2.77. The number of carbonyl (C=O) groups is 1. The first-order chi connectivity index (χ1) is 11.5. The summed E-state index contributed by atoms with van der Waals surface area (Å²) in [6.07, 6.45) is 1.48. The molecule has 0 atom stereocenters. The fourth-order valence-electron chi connectivity index (χ4n) is 2.07. The summed E-state index contributed by atoms with van der Waals surface area (Å²) in [6.45, 7) is 4.33. The Labute approximate surface area is 146 Å². The molecule has 0 fully saturated rings. The fraction of sp³-hybridized carbons (Fsp3) is 0.158. The lowest BCUT2D eigenvalue weighted by Gasteiger charge is -2.07. The summed E-state index contributed by atoms with van der Waals surface area (Å²) in [7, 11) is 0. The first kappa shape index (κ1) is 17.6. The Morgan fingerprint density at radius 1 is 1.29 bits per heavy atom. The van der Waals surface area contributed by atoms with Crippen LogP contribution in [-0.4, -0.2) is 12.5 Å². The average molecular weight is 341 g/mol. The number of aryl methyl sites for hydroxylation is 1. The molecule has 0 unspecified atom stereocenters. The van der Waals surface area contributed by atoms with Gasteiger partial charge in [-0.2, -0.15) is 5.26 Å². The molecule has 2 aromatic carbocycles. The van der Waals surface area contributed by atoms with Gasteiger partial charge in [0.25, 0.3) is 5.91 Å². The van der Waals surface area contributed by atoms with Gasteiger partial charge >= 0.3 is 0 Å². The van der Waals surface area contributed by atoms with Crippen molar-refractivity contribution >= 4 is 29.3 Å². The minimum atomic E-state index is -0.473. The standard InChI is InChI=1S/C19H17ClN2O2/c1-3-24-18-10-14(9-16(20)11-18)8-15(12-21)19(23)22-17-6-4-13(2)5-7-17/h4-11H,3H2,1-2H3,(H,22,23)/b15-8+. The van der Waals surface area contributed by atoms with Crippen LogP contribution >= 0.6 is 11.6 Å². The summed E-state index contributed by atoms with van der Waals surface area (Å²) >= 11 is 6.04. The first-order valence-corrected chi connectivity index (χ1v) is 7.83. The van der Waals surface area contributed by atoms with Crippen LogP contribution < -0.4 is 10.1 Å². The minimum absolute atomic E-state index is 0.0136. The third-order valence-electron chi connectivity index (χ3n) is 3.19. The second kappa shape index (κ2) is 8.19. The monoisotopic (exact) mass is 340 g/mol. The van der Waals surface area contributed by atoms with E-state index < -0.39 is 5.91 Å². The molecule has 122 valence electrons. The van der Waals surface area contributed by atoms with Crippen molar-refractivity contribution in [2.75, 3.05) is 11.9 Å². The third kappa shape index (κ3) is 4.87. The van der Waals surface area contributed by atoms with Gasteiger partial charge in [0.1, 0.15) is 17.4 Å². The van der Waals surface area contributed by atoms with E-state index in [1.54, 1.807) is 30.3 Å². The van der Waals surface area contributed by atoms with Crippen LogP contribution in [0.2, 0.25) is 5.02 Å². The average Bonchev–Trinajstić information content (AvgIpc) is 2.54. The second-order valence-electron chi connectivity index (χ2n) is 5.14. The normalized spacial score (nSPS) is 10.8. The summed E-state index contributed by atoms with van der Waals surface area (Å²) in [4.78, 5) is 12.3. The Balaban J connectivity index is 2.23. The third-order valence-corrected chi connectivity index (χ3v) is 3.41. The van der Waals surface area contributed by atoms with Gasteiger partial charge in [-0.3, -0.25) is 4.79 Å². The molecule has 0 saturated carbocycles.